The molecule has 0 saturated heterocycles. The lowest BCUT2D eigenvalue weighted by Crippen LogP contribution is -2.15. The minimum absolute atomic E-state index is 0.202. The number of fused-ring (bicyclic) bond motifs is 1. The molecule has 64 valence electrons. The fraction of sp³-hybridized carbons (Fsp3) is 0.400. The Morgan fingerprint density at radius 2 is 2.33 bits per heavy atom. The van der Waals surface area contributed by atoms with Gasteiger partial charge in [-0.25, -0.2) is 0 Å². The quantitative estimate of drug-likeness (QED) is 0.619. The van der Waals surface area contributed by atoms with Gasteiger partial charge >= 0.3 is 0 Å². The van der Waals surface area contributed by atoms with Crippen LogP contribution in [0.1, 0.15) is 17.5 Å². The van der Waals surface area contributed by atoms with Gasteiger partial charge in [0.2, 0.25) is 0 Å². The van der Waals surface area contributed by atoms with Crippen molar-refractivity contribution in [2.24, 2.45) is 0 Å². The van der Waals surface area contributed by atoms with E-state index >= 15 is 0 Å². The fourth-order valence-electron chi connectivity index (χ4n) is 1.48. The first-order valence-electron chi connectivity index (χ1n) is 4.16. The number of hydrogen-bond acceptors (Lipinski definition) is 1. The van der Waals surface area contributed by atoms with Crippen molar-refractivity contribution in [1.82, 2.24) is 0 Å². The molecule has 1 aromatic rings. The van der Waals surface area contributed by atoms with Gasteiger partial charge in [-0.1, -0.05) is 17.7 Å². The molecule has 2 rings (SSSR count). The van der Waals surface area contributed by atoms with Crippen LogP contribution < -0.4 is 4.74 Å². The fourth-order valence-corrected chi connectivity index (χ4v) is 1.91. The second kappa shape index (κ2) is 3.09. The first kappa shape index (κ1) is 8.11. The summed E-state index contributed by atoms with van der Waals surface area (Å²) in [6, 6.07) is 6.34. The lowest BCUT2D eigenvalue weighted by molar-refractivity contribution is 0.262. The molecule has 1 aliphatic rings. The van der Waals surface area contributed by atoms with Gasteiger partial charge in [-0.15, -0.1) is 0 Å². The molecule has 2 heteroatoms. The number of aryl methyl sites for hydroxylation is 2. The monoisotopic (exact) mass is 226 g/mol. The molecule has 0 amide bonds. The number of alkyl halides is 1. The summed E-state index contributed by atoms with van der Waals surface area (Å²) >= 11 is 3.45. The van der Waals surface area contributed by atoms with Crippen molar-refractivity contribution < 1.29 is 4.74 Å². The minimum atomic E-state index is 0.202. The average Bonchev–Trinajstić information content (AvgIpc) is 2.05. The molecule has 0 saturated carbocycles. The molecule has 0 N–H and O–H groups in total. The second-order valence-corrected chi connectivity index (χ2v) is 4.20. The molecule has 0 aromatic heterocycles. The number of rotatable bonds is 0. The molecule has 1 unspecified atom stereocenters. The van der Waals surface area contributed by atoms with Crippen molar-refractivity contribution in [1.29, 1.82) is 0 Å². The van der Waals surface area contributed by atoms with Gasteiger partial charge in [0.05, 0.1) is 0 Å². The van der Waals surface area contributed by atoms with Gasteiger partial charge < -0.3 is 4.74 Å². The zero-order valence-electron chi connectivity index (χ0n) is 7.01. The average molecular weight is 227 g/mol. The number of halogens is 1. The molecule has 0 spiro atoms. The minimum Gasteiger partial charge on any atom is -0.479 e. The lowest BCUT2D eigenvalue weighted by atomic mass is 10.0. The topological polar surface area (TPSA) is 9.23 Å². The molecule has 0 radical (unpaired) electrons. The molecular weight excluding hydrogens is 216 g/mol. The first-order chi connectivity index (χ1) is 5.75. The number of benzene rings is 1. The molecule has 0 fully saturated rings. The van der Waals surface area contributed by atoms with Crippen molar-refractivity contribution in [3.05, 3.63) is 29.3 Å². The van der Waals surface area contributed by atoms with Crippen LogP contribution in [-0.2, 0) is 6.42 Å². The van der Waals surface area contributed by atoms with E-state index in [1.807, 2.05) is 0 Å². The lowest BCUT2D eigenvalue weighted by Gasteiger charge is -2.21. The van der Waals surface area contributed by atoms with E-state index in [2.05, 4.69) is 41.1 Å². The highest BCUT2D eigenvalue weighted by molar-refractivity contribution is 9.09. The number of hydrogen-bond donors (Lipinski definition) is 0. The van der Waals surface area contributed by atoms with Crippen molar-refractivity contribution in [3.8, 4) is 5.75 Å². The molecule has 1 aromatic carbocycles. The molecule has 1 heterocycles. The van der Waals surface area contributed by atoms with Gasteiger partial charge in [-0.3, -0.25) is 0 Å². The highest BCUT2D eigenvalue weighted by Crippen LogP contribution is 2.29. The summed E-state index contributed by atoms with van der Waals surface area (Å²) in [6.45, 7) is 2.11. The van der Waals surface area contributed by atoms with E-state index in [4.69, 9.17) is 4.74 Å². The summed E-state index contributed by atoms with van der Waals surface area (Å²) in [7, 11) is 0. The van der Waals surface area contributed by atoms with E-state index in [0.717, 1.165) is 18.6 Å². The zero-order valence-corrected chi connectivity index (χ0v) is 8.60. The predicted molar refractivity (Wildman–Crippen MR) is 52.8 cm³/mol. The van der Waals surface area contributed by atoms with Crippen LogP contribution in [0.2, 0.25) is 0 Å². The molecule has 0 aliphatic carbocycles. The Labute approximate surface area is 80.9 Å². The van der Waals surface area contributed by atoms with Crippen LogP contribution in [-0.4, -0.2) is 5.01 Å². The Morgan fingerprint density at radius 1 is 1.50 bits per heavy atom. The normalized spacial score (nSPS) is 21.3. The van der Waals surface area contributed by atoms with Crippen molar-refractivity contribution >= 4 is 15.9 Å². The van der Waals surface area contributed by atoms with Crippen LogP contribution >= 0.6 is 15.9 Å². The smallest absolute Gasteiger partial charge is 0.153 e. The Kier molecular flexibility index (Phi) is 2.09. The maximum absolute atomic E-state index is 5.60. The Hall–Kier alpha value is -0.500. The van der Waals surface area contributed by atoms with Gasteiger partial charge in [0.1, 0.15) is 5.75 Å². The van der Waals surface area contributed by atoms with Crippen molar-refractivity contribution in [2.75, 3.05) is 0 Å². The molecule has 1 nitrogen and oxygen atoms in total. The first-order valence-corrected chi connectivity index (χ1v) is 5.07. The van der Waals surface area contributed by atoms with Crippen LogP contribution in [0.5, 0.6) is 5.75 Å². The molecule has 1 atom stereocenters. The maximum atomic E-state index is 5.60. The van der Waals surface area contributed by atoms with Gasteiger partial charge in [0.15, 0.2) is 5.01 Å². The van der Waals surface area contributed by atoms with E-state index in [0.29, 0.717) is 0 Å². The van der Waals surface area contributed by atoms with Crippen LogP contribution in [0, 0.1) is 6.92 Å². The van der Waals surface area contributed by atoms with E-state index < -0.39 is 0 Å². The van der Waals surface area contributed by atoms with Gasteiger partial charge in [0, 0.05) is 0 Å². The van der Waals surface area contributed by atoms with E-state index in [1.165, 1.54) is 11.1 Å². The highest BCUT2D eigenvalue weighted by Gasteiger charge is 2.16. The summed E-state index contributed by atoms with van der Waals surface area (Å²) in [4.78, 5) is 0. The van der Waals surface area contributed by atoms with E-state index in [-0.39, 0.29) is 5.01 Å². The van der Waals surface area contributed by atoms with E-state index in [1.54, 1.807) is 0 Å². The van der Waals surface area contributed by atoms with Crippen LogP contribution in [0.3, 0.4) is 0 Å². The third kappa shape index (κ3) is 1.48. The van der Waals surface area contributed by atoms with Gasteiger partial charge in [-0.2, -0.15) is 0 Å². The van der Waals surface area contributed by atoms with Gasteiger partial charge in [0.25, 0.3) is 0 Å². The summed E-state index contributed by atoms with van der Waals surface area (Å²) in [6.07, 6.45) is 2.18. The number of ether oxygens (including phenoxy) is 1. The summed E-state index contributed by atoms with van der Waals surface area (Å²) in [5, 5.41) is 0.202. The van der Waals surface area contributed by atoms with Crippen molar-refractivity contribution in [3.63, 3.8) is 0 Å². The van der Waals surface area contributed by atoms with Crippen LogP contribution in [0.4, 0.5) is 0 Å². The Morgan fingerprint density at radius 3 is 3.17 bits per heavy atom. The molecular formula is C10H11BrO. The predicted octanol–water partition coefficient (Wildman–Crippen LogP) is 3.04. The zero-order chi connectivity index (χ0) is 8.55. The summed E-state index contributed by atoms with van der Waals surface area (Å²) in [5.74, 6) is 1.04. The third-order valence-electron chi connectivity index (χ3n) is 2.11. The molecule has 0 bridgehead atoms. The second-order valence-electron chi connectivity index (χ2n) is 3.18. The SMILES string of the molecule is Cc1ccc2c(c1)CCC(Br)O2. The highest BCUT2D eigenvalue weighted by atomic mass is 79.9. The molecule has 12 heavy (non-hydrogen) atoms. The molecule has 1 aliphatic heterocycles. The maximum Gasteiger partial charge on any atom is 0.153 e. The largest absolute Gasteiger partial charge is 0.479 e. The standard InChI is InChI=1S/C10H11BrO/c1-7-2-4-9-8(6-7)3-5-10(11)12-9/h2,4,6,10H,3,5H2,1H3. The Bertz CT molecular complexity index is 296. The van der Waals surface area contributed by atoms with Crippen molar-refractivity contribution in [2.45, 2.75) is 24.8 Å². The van der Waals surface area contributed by atoms with Gasteiger partial charge in [-0.05, 0) is 47.3 Å². The van der Waals surface area contributed by atoms with Crippen LogP contribution in [0.25, 0.3) is 0 Å². The van der Waals surface area contributed by atoms with Crippen LogP contribution in [0.15, 0.2) is 18.2 Å². The summed E-state index contributed by atoms with van der Waals surface area (Å²) in [5.41, 5.74) is 2.65. The Balaban J connectivity index is 2.37. The third-order valence-corrected chi connectivity index (χ3v) is 2.76. The van der Waals surface area contributed by atoms with E-state index in [9.17, 15) is 0 Å². The summed E-state index contributed by atoms with van der Waals surface area (Å²) < 4.78 is 5.60.